The second-order valence-electron chi connectivity index (χ2n) is 14.6. The maximum atomic E-state index is 8.49. The third-order valence-electron chi connectivity index (χ3n) is 11.2. The molecule has 0 atom stereocenters. The molecular formula is C56H37N3. The van der Waals surface area contributed by atoms with Gasteiger partial charge in [0.15, 0.2) is 5.82 Å². The van der Waals surface area contributed by atoms with Gasteiger partial charge in [-0.2, -0.15) is 0 Å². The van der Waals surface area contributed by atoms with Gasteiger partial charge in [-0.3, -0.25) is 0 Å². The number of rotatable bonds is 7. The van der Waals surface area contributed by atoms with E-state index in [2.05, 4.69) is 138 Å². The summed E-state index contributed by atoms with van der Waals surface area (Å²) in [5.74, 6) is 0.578. The van der Waals surface area contributed by atoms with Gasteiger partial charge >= 0.3 is 0 Å². The Morgan fingerprint density at radius 1 is 0.339 bits per heavy atom. The normalized spacial score (nSPS) is 12.6. The molecule has 0 amide bonds. The van der Waals surface area contributed by atoms with Gasteiger partial charge in [-0.25, -0.2) is 9.97 Å². The van der Waals surface area contributed by atoms with Crippen LogP contribution in [-0.2, 0) is 0 Å². The monoisotopic (exact) mass is 756 g/mol. The van der Waals surface area contributed by atoms with E-state index in [-0.39, 0.29) is 29.7 Å². The van der Waals surface area contributed by atoms with Crippen molar-refractivity contribution in [2.24, 2.45) is 0 Å². The molecule has 2 aromatic heterocycles. The van der Waals surface area contributed by atoms with Crippen LogP contribution >= 0.6 is 0 Å². The summed E-state index contributed by atoms with van der Waals surface area (Å²) >= 11 is 0. The summed E-state index contributed by atoms with van der Waals surface area (Å²) in [6, 6.07) is 65.1. The van der Waals surface area contributed by atoms with Crippen molar-refractivity contribution >= 4 is 32.6 Å². The molecule has 9 aromatic carbocycles. The lowest BCUT2D eigenvalue weighted by Gasteiger charge is -2.14. The van der Waals surface area contributed by atoms with E-state index in [0.717, 1.165) is 61.1 Å². The molecule has 0 aliphatic heterocycles. The van der Waals surface area contributed by atoms with Crippen LogP contribution in [0.2, 0.25) is 0 Å². The lowest BCUT2D eigenvalue weighted by atomic mass is 9.92. The highest BCUT2D eigenvalue weighted by Gasteiger charge is 2.16. The second-order valence-corrected chi connectivity index (χ2v) is 14.6. The molecule has 0 unspecified atom stereocenters. The van der Waals surface area contributed by atoms with E-state index in [1.807, 2.05) is 48.5 Å². The quantitative estimate of drug-likeness (QED) is 0.162. The predicted octanol–water partition coefficient (Wildman–Crippen LogP) is 14.7. The summed E-state index contributed by atoms with van der Waals surface area (Å²) in [5, 5.41) is 4.66. The summed E-state index contributed by atoms with van der Waals surface area (Å²) in [4.78, 5) is 10.2. The molecule has 0 saturated heterocycles. The van der Waals surface area contributed by atoms with Crippen LogP contribution in [0.3, 0.4) is 0 Å². The number of para-hydroxylation sites is 2. The largest absolute Gasteiger partial charge is 0.309 e. The van der Waals surface area contributed by atoms with Gasteiger partial charge in [0, 0.05) is 33.2 Å². The van der Waals surface area contributed by atoms with Crippen molar-refractivity contribution in [2.75, 3.05) is 0 Å². The molecule has 0 aliphatic rings. The summed E-state index contributed by atoms with van der Waals surface area (Å²) in [6.07, 6.45) is 0. The minimum atomic E-state index is -0.412. The molecule has 0 aliphatic carbocycles. The molecule has 276 valence electrons. The first-order valence-corrected chi connectivity index (χ1v) is 19.7. The average Bonchev–Trinajstić information content (AvgIpc) is 3.70. The highest BCUT2D eigenvalue weighted by atomic mass is 15.0. The molecule has 0 spiro atoms. The molecule has 0 saturated carbocycles. The SMILES string of the molecule is [2H]c1c([2H])c([2H])c(-c2ccc(-c3cc(-c4ccc(-c5ccc(-c6ccc(-n7c8ccccc8c8ccccc87)cc6)cc5)c5ccccc45)nc(-c4ccccc4)n3)cc2)c([2H])c1[2H]. The summed E-state index contributed by atoms with van der Waals surface area (Å²) in [7, 11) is 0. The molecule has 59 heavy (non-hydrogen) atoms. The van der Waals surface area contributed by atoms with Crippen LogP contribution in [0.15, 0.2) is 224 Å². The zero-order valence-corrected chi connectivity index (χ0v) is 31.8. The second kappa shape index (κ2) is 14.6. The Morgan fingerprint density at radius 3 is 1.46 bits per heavy atom. The maximum absolute atomic E-state index is 8.49. The average molecular weight is 757 g/mol. The van der Waals surface area contributed by atoms with E-state index < -0.39 is 6.04 Å². The van der Waals surface area contributed by atoms with Crippen LogP contribution in [-0.4, -0.2) is 14.5 Å². The van der Waals surface area contributed by atoms with Gasteiger partial charge in [0.25, 0.3) is 0 Å². The van der Waals surface area contributed by atoms with Gasteiger partial charge in [-0.15, -0.1) is 0 Å². The summed E-state index contributed by atoms with van der Waals surface area (Å²) < 4.78 is 43.7. The zero-order chi connectivity index (χ0) is 43.5. The van der Waals surface area contributed by atoms with Gasteiger partial charge in [0.1, 0.15) is 0 Å². The highest BCUT2D eigenvalue weighted by Crippen LogP contribution is 2.38. The van der Waals surface area contributed by atoms with Gasteiger partial charge < -0.3 is 4.57 Å². The first-order chi connectivity index (χ1) is 31.3. The van der Waals surface area contributed by atoms with Crippen LogP contribution in [0.5, 0.6) is 0 Å². The predicted molar refractivity (Wildman–Crippen MR) is 246 cm³/mol. The van der Waals surface area contributed by atoms with Crippen molar-refractivity contribution in [3.63, 3.8) is 0 Å². The third-order valence-corrected chi connectivity index (χ3v) is 11.2. The molecule has 0 N–H and O–H groups in total. The Kier molecular flexibility index (Phi) is 7.25. The first-order valence-electron chi connectivity index (χ1n) is 22.2. The molecule has 11 aromatic rings. The fourth-order valence-electron chi connectivity index (χ4n) is 8.27. The number of hydrogen-bond acceptors (Lipinski definition) is 2. The fraction of sp³-hybridized carbons (Fsp3) is 0. The van der Waals surface area contributed by atoms with Crippen molar-refractivity contribution < 1.29 is 6.85 Å². The number of fused-ring (bicyclic) bond motifs is 4. The summed E-state index contributed by atoms with van der Waals surface area (Å²) in [5.41, 5.74) is 12.8. The molecule has 2 heterocycles. The molecule has 0 fully saturated rings. The van der Waals surface area contributed by atoms with Crippen molar-refractivity contribution in [3.05, 3.63) is 224 Å². The van der Waals surface area contributed by atoms with Gasteiger partial charge in [-0.05, 0) is 74.5 Å². The third kappa shape index (κ3) is 6.26. The molecule has 3 nitrogen and oxygen atoms in total. The lowest BCUT2D eigenvalue weighted by Crippen LogP contribution is -1.97. The number of hydrogen-bond donors (Lipinski definition) is 0. The Morgan fingerprint density at radius 2 is 0.814 bits per heavy atom. The Balaban J connectivity index is 0.941. The fourth-order valence-corrected chi connectivity index (χ4v) is 8.27. The summed E-state index contributed by atoms with van der Waals surface area (Å²) in [6.45, 7) is 0. The molecular weight excluding hydrogens is 715 g/mol. The van der Waals surface area contributed by atoms with Crippen molar-refractivity contribution in [3.8, 4) is 73.0 Å². The molecule has 0 bridgehead atoms. The van der Waals surface area contributed by atoms with Crippen LogP contribution in [0, 0.1) is 0 Å². The lowest BCUT2D eigenvalue weighted by molar-refractivity contribution is 1.18. The number of benzene rings is 9. The molecule has 3 heteroatoms. The van der Waals surface area contributed by atoms with Crippen molar-refractivity contribution in [1.82, 2.24) is 14.5 Å². The van der Waals surface area contributed by atoms with Crippen LogP contribution in [0.25, 0.3) is 106 Å². The minimum absolute atomic E-state index is 0.164. The van der Waals surface area contributed by atoms with Crippen LogP contribution in [0.4, 0.5) is 0 Å². The van der Waals surface area contributed by atoms with Crippen molar-refractivity contribution in [2.45, 2.75) is 0 Å². The zero-order valence-electron chi connectivity index (χ0n) is 36.8. The number of aromatic nitrogens is 3. The van der Waals surface area contributed by atoms with E-state index in [1.54, 1.807) is 12.1 Å². The van der Waals surface area contributed by atoms with Crippen molar-refractivity contribution in [1.29, 1.82) is 0 Å². The molecule has 0 radical (unpaired) electrons. The first kappa shape index (κ1) is 29.4. The van der Waals surface area contributed by atoms with E-state index in [0.29, 0.717) is 17.1 Å². The van der Waals surface area contributed by atoms with E-state index in [9.17, 15) is 0 Å². The van der Waals surface area contributed by atoms with E-state index >= 15 is 0 Å². The minimum Gasteiger partial charge on any atom is -0.309 e. The number of nitrogens with zero attached hydrogens (tertiary/aromatic N) is 3. The van der Waals surface area contributed by atoms with Gasteiger partial charge in [-0.1, -0.05) is 194 Å². The van der Waals surface area contributed by atoms with E-state index in [1.165, 1.54) is 21.8 Å². The Hall–Kier alpha value is -7.88. The van der Waals surface area contributed by atoms with Crippen LogP contribution in [0.1, 0.15) is 6.85 Å². The van der Waals surface area contributed by atoms with Gasteiger partial charge in [0.2, 0.25) is 0 Å². The topological polar surface area (TPSA) is 30.7 Å². The van der Waals surface area contributed by atoms with Crippen LogP contribution < -0.4 is 0 Å². The Bertz CT molecular complexity index is 3500. The maximum Gasteiger partial charge on any atom is 0.160 e. The smallest absolute Gasteiger partial charge is 0.160 e. The van der Waals surface area contributed by atoms with Gasteiger partial charge in [0.05, 0.1) is 29.3 Å². The standard InChI is InChI=1S/C56H37N3/c1-3-13-38(14-4-1)39-25-29-43(30-26-39)52-37-53(58-56(57-52)44-15-5-2-6-16-44)49-36-35-46(47-17-7-8-18-48(47)49)42-27-23-40(24-28-42)41-31-33-45(34-32-41)59-54-21-11-9-19-50(54)51-20-10-12-22-55(51)59/h1-37H/i1D,3D,4D,13D,14D. The highest BCUT2D eigenvalue weighted by molar-refractivity contribution is 6.09. The molecule has 11 rings (SSSR count). The van der Waals surface area contributed by atoms with E-state index in [4.69, 9.17) is 16.8 Å². The Labute approximate surface area is 350 Å².